The normalized spacial score (nSPS) is 15.5. The highest BCUT2D eigenvalue weighted by atomic mass is 16.5. The Balaban J connectivity index is 1.55. The third kappa shape index (κ3) is 5.69. The second-order valence-corrected chi connectivity index (χ2v) is 7.36. The van der Waals surface area contributed by atoms with Crippen molar-refractivity contribution in [2.45, 2.75) is 31.7 Å². The van der Waals surface area contributed by atoms with E-state index < -0.39 is 0 Å². The van der Waals surface area contributed by atoms with Gasteiger partial charge in [0.25, 0.3) is 5.91 Å². The molecule has 0 bridgehead atoms. The first kappa shape index (κ1) is 22.5. The first-order valence-corrected chi connectivity index (χ1v) is 10.4. The maximum absolute atomic E-state index is 12.8. The van der Waals surface area contributed by atoms with Gasteiger partial charge < -0.3 is 23.8 Å². The molecule has 0 aliphatic carbocycles. The lowest BCUT2D eigenvalue weighted by atomic mass is 10.0. The van der Waals surface area contributed by atoms with Gasteiger partial charge >= 0.3 is 5.97 Å². The lowest BCUT2D eigenvalue weighted by Crippen LogP contribution is -2.34. The number of rotatable bonds is 9. The molecule has 0 unspecified atom stereocenters. The molecule has 1 amide bonds. The number of ether oxygens (including phenoxy) is 4. The molecule has 2 aromatic rings. The van der Waals surface area contributed by atoms with E-state index in [0.29, 0.717) is 24.5 Å². The van der Waals surface area contributed by atoms with E-state index >= 15 is 0 Å². The molecule has 0 aromatic heterocycles. The minimum atomic E-state index is -0.390. The van der Waals surface area contributed by atoms with Crippen LogP contribution in [0.3, 0.4) is 0 Å². The first-order valence-electron chi connectivity index (χ1n) is 10.4. The third-order valence-corrected chi connectivity index (χ3v) is 5.50. The zero-order valence-electron chi connectivity index (χ0n) is 18.3. The first-order chi connectivity index (χ1) is 15.0. The van der Waals surface area contributed by atoms with Crippen molar-refractivity contribution in [3.05, 3.63) is 53.6 Å². The number of aryl methyl sites for hydroxylation is 1. The molecule has 1 atom stereocenters. The van der Waals surface area contributed by atoms with Gasteiger partial charge in [0.2, 0.25) is 0 Å². The Kier molecular flexibility index (Phi) is 7.76. The van der Waals surface area contributed by atoms with Gasteiger partial charge in [-0.25, -0.2) is 0 Å². The van der Waals surface area contributed by atoms with E-state index in [1.165, 1.54) is 0 Å². The van der Waals surface area contributed by atoms with Crippen molar-refractivity contribution < 1.29 is 28.5 Å². The number of methoxy groups -OCH3 is 3. The van der Waals surface area contributed by atoms with Gasteiger partial charge in [0.15, 0.2) is 6.61 Å². The highest BCUT2D eigenvalue weighted by Gasteiger charge is 2.32. The van der Waals surface area contributed by atoms with Crippen molar-refractivity contribution >= 4 is 11.9 Å². The molecule has 2 aromatic carbocycles. The maximum atomic E-state index is 12.8. The fourth-order valence-electron chi connectivity index (χ4n) is 3.82. The Morgan fingerprint density at radius 3 is 2.35 bits per heavy atom. The molecular formula is C24H29NO6. The molecule has 0 N–H and O–H groups in total. The SMILES string of the molecule is COc1ccc(CCC(=O)OCC(=O)N2CCC[C@H]2c2cc(OC)ccc2OC)cc1. The van der Waals surface area contributed by atoms with Gasteiger partial charge in [-0.2, -0.15) is 0 Å². The van der Waals surface area contributed by atoms with Gasteiger partial charge in [0.1, 0.15) is 17.2 Å². The molecule has 0 spiro atoms. The Morgan fingerprint density at radius 1 is 0.968 bits per heavy atom. The third-order valence-electron chi connectivity index (χ3n) is 5.50. The van der Waals surface area contributed by atoms with Crippen LogP contribution < -0.4 is 14.2 Å². The molecule has 0 radical (unpaired) electrons. The molecule has 0 saturated carbocycles. The molecule has 31 heavy (non-hydrogen) atoms. The molecule has 166 valence electrons. The summed E-state index contributed by atoms with van der Waals surface area (Å²) in [5.74, 6) is 1.59. The van der Waals surface area contributed by atoms with E-state index in [0.717, 1.165) is 29.7 Å². The van der Waals surface area contributed by atoms with Crippen LogP contribution >= 0.6 is 0 Å². The van der Waals surface area contributed by atoms with Gasteiger partial charge in [-0.1, -0.05) is 12.1 Å². The molecule has 3 rings (SSSR count). The van der Waals surface area contributed by atoms with Crippen molar-refractivity contribution in [3.63, 3.8) is 0 Å². The Hall–Kier alpha value is -3.22. The van der Waals surface area contributed by atoms with Gasteiger partial charge in [-0.15, -0.1) is 0 Å². The molecule has 1 heterocycles. The smallest absolute Gasteiger partial charge is 0.306 e. The van der Waals surface area contributed by atoms with E-state index in [1.807, 2.05) is 42.5 Å². The van der Waals surface area contributed by atoms with Crippen molar-refractivity contribution in [2.24, 2.45) is 0 Å². The minimum Gasteiger partial charge on any atom is -0.497 e. The molecule has 1 aliphatic rings. The number of esters is 1. The summed E-state index contributed by atoms with van der Waals surface area (Å²) < 4.78 is 21.2. The number of hydrogen-bond acceptors (Lipinski definition) is 6. The van der Waals surface area contributed by atoms with Crippen LogP contribution in [0.25, 0.3) is 0 Å². The quantitative estimate of drug-likeness (QED) is 0.570. The summed E-state index contributed by atoms with van der Waals surface area (Å²) in [5.41, 5.74) is 1.91. The molecule has 7 nitrogen and oxygen atoms in total. The number of nitrogens with zero attached hydrogens (tertiary/aromatic N) is 1. The van der Waals surface area contributed by atoms with E-state index in [-0.39, 0.29) is 30.9 Å². The van der Waals surface area contributed by atoms with Gasteiger partial charge in [-0.3, -0.25) is 9.59 Å². The van der Waals surface area contributed by atoms with Gasteiger partial charge in [0.05, 0.1) is 27.4 Å². The van der Waals surface area contributed by atoms with E-state index in [1.54, 1.807) is 26.2 Å². The summed E-state index contributed by atoms with van der Waals surface area (Å²) in [5, 5.41) is 0. The minimum absolute atomic E-state index is 0.129. The zero-order chi connectivity index (χ0) is 22.2. The predicted molar refractivity (Wildman–Crippen MR) is 116 cm³/mol. The summed E-state index contributed by atoms with van der Waals surface area (Å²) >= 11 is 0. The Bertz CT molecular complexity index is 895. The van der Waals surface area contributed by atoms with Crippen LogP contribution in [0.5, 0.6) is 17.2 Å². The van der Waals surface area contributed by atoms with Crippen LogP contribution in [0, 0.1) is 0 Å². The highest BCUT2D eigenvalue weighted by molar-refractivity contribution is 5.81. The molecule has 1 aliphatic heterocycles. The summed E-state index contributed by atoms with van der Waals surface area (Å²) in [6, 6.07) is 13.0. The number of hydrogen-bond donors (Lipinski definition) is 0. The lowest BCUT2D eigenvalue weighted by Gasteiger charge is -2.26. The number of amides is 1. The number of likely N-dealkylation sites (tertiary alicyclic amines) is 1. The zero-order valence-corrected chi connectivity index (χ0v) is 18.3. The predicted octanol–water partition coefficient (Wildman–Crippen LogP) is 3.55. The second-order valence-electron chi connectivity index (χ2n) is 7.36. The van der Waals surface area contributed by atoms with Crippen molar-refractivity contribution in [1.82, 2.24) is 4.90 Å². The Labute approximate surface area is 182 Å². The summed E-state index contributed by atoms with van der Waals surface area (Å²) in [4.78, 5) is 26.7. The number of carbonyl (C=O) groups is 2. The average Bonchev–Trinajstić information content (AvgIpc) is 3.31. The fourth-order valence-corrected chi connectivity index (χ4v) is 3.82. The topological polar surface area (TPSA) is 74.3 Å². The summed E-state index contributed by atoms with van der Waals surface area (Å²) in [7, 11) is 4.82. The van der Waals surface area contributed by atoms with E-state index in [2.05, 4.69) is 0 Å². The van der Waals surface area contributed by atoms with Crippen LogP contribution in [0.4, 0.5) is 0 Å². The second kappa shape index (κ2) is 10.7. The average molecular weight is 427 g/mol. The largest absolute Gasteiger partial charge is 0.497 e. The van der Waals surface area contributed by atoms with Crippen LogP contribution in [0.1, 0.15) is 36.4 Å². The van der Waals surface area contributed by atoms with Crippen molar-refractivity contribution in [3.8, 4) is 17.2 Å². The lowest BCUT2D eigenvalue weighted by molar-refractivity contribution is -0.152. The standard InChI is InChI=1S/C24H29NO6/c1-28-18-9-6-17(7-10-18)8-13-24(27)31-16-23(26)25-14-4-5-21(25)20-15-19(29-2)11-12-22(20)30-3/h6-7,9-12,15,21H,4-5,8,13-14,16H2,1-3H3/t21-/m0/s1. The maximum Gasteiger partial charge on any atom is 0.306 e. The number of benzene rings is 2. The summed E-state index contributed by atoms with van der Waals surface area (Å²) in [6.45, 7) is 0.359. The van der Waals surface area contributed by atoms with Crippen molar-refractivity contribution in [2.75, 3.05) is 34.5 Å². The van der Waals surface area contributed by atoms with E-state index in [9.17, 15) is 9.59 Å². The fraction of sp³-hybridized carbons (Fsp3) is 0.417. The van der Waals surface area contributed by atoms with Crippen LogP contribution in [0.2, 0.25) is 0 Å². The highest BCUT2D eigenvalue weighted by Crippen LogP contribution is 2.38. The Morgan fingerprint density at radius 2 is 1.68 bits per heavy atom. The van der Waals surface area contributed by atoms with Gasteiger partial charge in [0, 0.05) is 18.5 Å². The molecule has 7 heteroatoms. The molecule has 1 saturated heterocycles. The van der Waals surface area contributed by atoms with Crippen molar-refractivity contribution in [1.29, 1.82) is 0 Å². The van der Waals surface area contributed by atoms with Crippen LogP contribution in [-0.2, 0) is 20.7 Å². The molecular weight excluding hydrogens is 398 g/mol. The van der Waals surface area contributed by atoms with Crippen LogP contribution in [0.15, 0.2) is 42.5 Å². The molecule has 1 fully saturated rings. The van der Waals surface area contributed by atoms with Gasteiger partial charge in [-0.05, 0) is 55.2 Å². The monoisotopic (exact) mass is 427 g/mol. The number of carbonyl (C=O) groups excluding carboxylic acids is 2. The summed E-state index contributed by atoms with van der Waals surface area (Å²) in [6.07, 6.45) is 2.46. The van der Waals surface area contributed by atoms with Crippen LogP contribution in [-0.4, -0.2) is 51.3 Å². The van der Waals surface area contributed by atoms with E-state index in [4.69, 9.17) is 18.9 Å².